The predicted octanol–water partition coefficient (Wildman–Crippen LogP) is 3.19. The first-order chi connectivity index (χ1) is 12.5. The van der Waals surface area contributed by atoms with Gasteiger partial charge < -0.3 is 5.11 Å². The number of amides is 2. The average Bonchev–Trinajstić information content (AvgIpc) is 2.60. The number of benzene rings is 1. The fourth-order valence-corrected chi connectivity index (χ4v) is 3.23. The second-order valence-electron chi connectivity index (χ2n) is 8.29. The van der Waals surface area contributed by atoms with Gasteiger partial charge in [-0.15, -0.1) is 0 Å². The van der Waals surface area contributed by atoms with Crippen LogP contribution >= 0.6 is 0 Å². The van der Waals surface area contributed by atoms with Gasteiger partial charge in [0.2, 0.25) is 5.91 Å². The number of rotatable bonds is 3. The highest BCUT2D eigenvalue weighted by atomic mass is 16.4. The molecule has 1 aromatic rings. The van der Waals surface area contributed by atoms with Crippen LogP contribution in [0.4, 0.5) is 0 Å². The van der Waals surface area contributed by atoms with Crippen molar-refractivity contribution in [1.82, 2.24) is 10.9 Å². The van der Waals surface area contributed by atoms with Gasteiger partial charge in [-0.25, -0.2) is 0 Å². The summed E-state index contributed by atoms with van der Waals surface area (Å²) in [5.41, 5.74) is 8.33. The van der Waals surface area contributed by atoms with E-state index in [1.807, 2.05) is 26.0 Å². The highest BCUT2D eigenvalue weighted by molar-refractivity contribution is 5.96. The van der Waals surface area contributed by atoms with Crippen molar-refractivity contribution in [3.05, 3.63) is 46.5 Å². The van der Waals surface area contributed by atoms with E-state index in [-0.39, 0.29) is 5.41 Å². The molecule has 0 saturated heterocycles. The van der Waals surface area contributed by atoms with E-state index in [0.717, 1.165) is 16.7 Å². The van der Waals surface area contributed by atoms with Gasteiger partial charge in [-0.05, 0) is 49.8 Å². The Balaban J connectivity index is 2.02. The summed E-state index contributed by atoms with van der Waals surface area (Å²) in [7, 11) is 0. The molecule has 1 aliphatic carbocycles. The van der Waals surface area contributed by atoms with E-state index in [1.165, 1.54) is 0 Å². The predicted molar refractivity (Wildman–Crippen MR) is 103 cm³/mol. The lowest BCUT2D eigenvalue weighted by molar-refractivity contribution is -0.147. The summed E-state index contributed by atoms with van der Waals surface area (Å²) in [6.45, 7) is 10.1. The molecule has 27 heavy (non-hydrogen) atoms. The summed E-state index contributed by atoms with van der Waals surface area (Å²) in [4.78, 5) is 36.3. The first kappa shape index (κ1) is 20.7. The zero-order valence-corrected chi connectivity index (χ0v) is 16.6. The topological polar surface area (TPSA) is 95.5 Å². The van der Waals surface area contributed by atoms with Gasteiger partial charge in [-0.2, -0.15) is 0 Å². The molecule has 146 valence electrons. The van der Waals surface area contributed by atoms with Crippen LogP contribution in [0, 0.1) is 11.8 Å². The largest absolute Gasteiger partial charge is 0.481 e. The Labute approximate surface area is 160 Å². The molecule has 1 aliphatic rings. The minimum atomic E-state index is -0.994. The van der Waals surface area contributed by atoms with Crippen LogP contribution in [0.3, 0.4) is 0 Å². The minimum Gasteiger partial charge on any atom is -0.481 e. The van der Waals surface area contributed by atoms with Gasteiger partial charge in [0, 0.05) is 5.56 Å². The Bertz CT molecular complexity index is 772. The number of carbonyl (C=O) groups excluding carboxylic acids is 2. The molecule has 2 amide bonds. The molecule has 0 spiro atoms. The molecule has 6 heteroatoms. The standard InChI is InChI=1S/C21H28N2O4/c1-12-10-16(17(20(26)27)11-13(12)2)19(25)23-22-18(24)14-6-8-15(9-7-14)21(3,4)5/h6-9,16-17H,10-11H2,1-5H3,(H,22,24)(H,23,25)(H,26,27)/t16-,17-/m1/s1. The van der Waals surface area contributed by atoms with Crippen LogP contribution in [-0.4, -0.2) is 22.9 Å². The number of carbonyl (C=O) groups is 3. The lowest BCUT2D eigenvalue weighted by Gasteiger charge is -2.29. The van der Waals surface area contributed by atoms with Crippen molar-refractivity contribution < 1.29 is 19.5 Å². The second-order valence-corrected chi connectivity index (χ2v) is 8.29. The van der Waals surface area contributed by atoms with Crippen LogP contribution < -0.4 is 10.9 Å². The van der Waals surface area contributed by atoms with Gasteiger partial charge in [0.15, 0.2) is 0 Å². The fraction of sp³-hybridized carbons (Fsp3) is 0.476. The van der Waals surface area contributed by atoms with E-state index in [2.05, 4.69) is 31.6 Å². The number of carboxylic acids is 1. The number of nitrogens with one attached hydrogen (secondary N) is 2. The van der Waals surface area contributed by atoms with E-state index in [1.54, 1.807) is 12.1 Å². The molecule has 0 saturated carbocycles. The average molecular weight is 372 g/mol. The Morgan fingerprint density at radius 2 is 1.44 bits per heavy atom. The zero-order chi connectivity index (χ0) is 20.4. The van der Waals surface area contributed by atoms with Crippen LogP contribution in [0.1, 0.15) is 63.4 Å². The summed E-state index contributed by atoms with van der Waals surface area (Å²) in [6.07, 6.45) is 0.728. The molecule has 2 rings (SSSR count). The van der Waals surface area contributed by atoms with Crippen LogP contribution in [0.2, 0.25) is 0 Å². The molecular formula is C21H28N2O4. The third-order valence-corrected chi connectivity index (χ3v) is 5.23. The summed E-state index contributed by atoms with van der Waals surface area (Å²) in [5.74, 6) is -3.39. The van der Waals surface area contributed by atoms with Gasteiger partial charge in [0.1, 0.15) is 0 Å². The van der Waals surface area contributed by atoms with Crippen molar-refractivity contribution in [3.63, 3.8) is 0 Å². The van der Waals surface area contributed by atoms with Crippen molar-refractivity contribution in [2.75, 3.05) is 0 Å². The molecule has 0 fully saturated rings. The van der Waals surface area contributed by atoms with Crippen molar-refractivity contribution in [2.24, 2.45) is 11.8 Å². The van der Waals surface area contributed by atoms with E-state index < -0.39 is 29.6 Å². The lowest BCUT2D eigenvalue weighted by atomic mass is 9.76. The fourth-order valence-electron chi connectivity index (χ4n) is 3.23. The van der Waals surface area contributed by atoms with Gasteiger partial charge in [-0.3, -0.25) is 25.2 Å². The van der Waals surface area contributed by atoms with Crippen molar-refractivity contribution in [1.29, 1.82) is 0 Å². The molecule has 0 aromatic heterocycles. The Kier molecular flexibility index (Phi) is 6.08. The molecule has 0 unspecified atom stereocenters. The molecule has 0 aliphatic heterocycles. The van der Waals surface area contributed by atoms with E-state index in [4.69, 9.17) is 0 Å². The minimum absolute atomic E-state index is 0.0143. The van der Waals surface area contributed by atoms with Gasteiger partial charge in [0.05, 0.1) is 11.8 Å². The first-order valence-electron chi connectivity index (χ1n) is 9.09. The summed E-state index contributed by atoms with van der Waals surface area (Å²) < 4.78 is 0. The zero-order valence-electron chi connectivity index (χ0n) is 16.6. The second kappa shape index (κ2) is 7.94. The normalized spacial score (nSPS) is 20.2. The molecule has 0 bridgehead atoms. The maximum absolute atomic E-state index is 12.5. The van der Waals surface area contributed by atoms with E-state index in [9.17, 15) is 19.5 Å². The van der Waals surface area contributed by atoms with Crippen molar-refractivity contribution in [2.45, 2.75) is 52.9 Å². The van der Waals surface area contributed by atoms with E-state index in [0.29, 0.717) is 18.4 Å². The molecule has 1 aromatic carbocycles. The number of carboxylic acid groups (broad SMARTS) is 1. The molecule has 3 N–H and O–H groups in total. The molecule has 2 atom stereocenters. The third kappa shape index (κ3) is 4.96. The lowest BCUT2D eigenvalue weighted by Crippen LogP contribution is -2.48. The van der Waals surface area contributed by atoms with Crippen molar-refractivity contribution >= 4 is 17.8 Å². The Morgan fingerprint density at radius 3 is 1.93 bits per heavy atom. The Hall–Kier alpha value is -2.63. The molecule has 0 heterocycles. The van der Waals surface area contributed by atoms with Gasteiger partial charge in [0.25, 0.3) is 5.91 Å². The van der Waals surface area contributed by atoms with Gasteiger partial charge >= 0.3 is 5.97 Å². The van der Waals surface area contributed by atoms with Crippen LogP contribution in [0.25, 0.3) is 0 Å². The Morgan fingerprint density at radius 1 is 0.926 bits per heavy atom. The van der Waals surface area contributed by atoms with Crippen molar-refractivity contribution in [3.8, 4) is 0 Å². The highest BCUT2D eigenvalue weighted by Crippen LogP contribution is 2.34. The SMILES string of the molecule is CC1=C(C)C[C@@H](C(=O)NNC(=O)c2ccc(C(C)(C)C)cc2)[C@H](C(=O)O)C1. The number of hydrazine groups is 1. The summed E-state index contributed by atoms with van der Waals surface area (Å²) in [6, 6.07) is 7.18. The first-order valence-corrected chi connectivity index (χ1v) is 9.09. The smallest absolute Gasteiger partial charge is 0.307 e. The number of hydrogen-bond acceptors (Lipinski definition) is 3. The van der Waals surface area contributed by atoms with Gasteiger partial charge in [-0.1, -0.05) is 44.1 Å². The monoisotopic (exact) mass is 372 g/mol. The maximum Gasteiger partial charge on any atom is 0.307 e. The van der Waals surface area contributed by atoms with Crippen LogP contribution in [0.15, 0.2) is 35.4 Å². The number of hydrogen-bond donors (Lipinski definition) is 3. The molecule has 0 radical (unpaired) electrons. The number of allylic oxidation sites excluding steroid dienone is 2. The number of aliphatic carboxylic acids is 1. The molecule has 6 nitrogen and oxygen atoms in total. The highest BCUT2D eigenvalue weighted by Gasteiger charge is 2.37. The molecular weight excluding hydrogens is 344 g/mol. The maximum atomic E-state index is 12.5. The quantitative estimate of drug-likeness (QED) is 0.561. The van der Waals surface area contributed by atoms with Crippen LogP contribution in [0.5, 0.6) is 0 Å². The summed E-state index contributed by atoms with van der Waals surface area (Å²) >= 11 is 0. The van der Waals surface area contributed by atoms with Crippen LogP contribution in [-0.2, 0) is 15.0 Å². The third-order valence-electron chi connectivity index (χ3n) is 5.23. The van der Waals surface area contributed by atoms with E-state index >= 15 is 0 Å². The summed E-state index contributed by atoms with van der Waals surface area (Å²) in [5, 5.41) is 9.42.